The number of benzene rings is 2. The van der Waals surface area contributed by atoms with Gasteiger partial charge in [0.2, 0.25) is 0 Å². The molecule has 30 heavy (non-hydrogen) atoms. The fourth-order valence-corrected chi connectivity index (χ4v) is 3.34. The third-order valence-electron chi connectivity index (χ3n) is 4.64. The van der Waals surface area contributed by atoms with E-state index >= 15 is 0 Å². The molecule has 1 atom stereocenters. The second-order valence-corrected chi connectivity index (χ2v) is 6.93. The molecular formula is C20H15ClN2O7. The Hall–Kier alpha value is -3.72. The number of Topliss-reactive ketones (excluding diaryl/α,β-unsaturated/α-hetero) is 1. The zero-order valence-corrected chi connectivity index (χ0v) is 16.1. The number of aliphatic carboxylic acids is 1. The van der Waals surface area contributed by atoms with E-state index in [2.05, 4.69) is 0 Å². The number of nitro benzene ring substituents is 1. The van der Waals surface area contributed by atoms with Gasteiger partial charge in [-0.05, 0) is 42.0 Å². The Morgan fingerprint density at radius 2 is 1.67 bits per heavy atom. The normalized spacial score (nSPS) is 17.9. The molecule has 9 nitrogen and oxygen atoms in total. The van der Waals surface area contributed by atoms with Gasteiger partial charge in [-0.25, -0.2) is 0 Å². The molecule has 0 spiro atoms. The maximum Gasteiger partial charge on any atom is 0.305 e. The van der Waals surface area contributed by atoms with Crippen molar-refractivity contribution in [2.24, 2.45) is 0 Å². The first kappa shape index (κ1) is 21.0. The molecule has 0 saturated carbocycles. The number of carbonyl (C=O) groups excluding carboxylic acids is 2. The van der Waals surface area contributed by atoms with Gasteiger partial charge in [-0.3, -0.25) is 24.5 Å². The molecule has 1 heterocycles. The van der Waals surface area contributed by atoms with E-state index in [4.69, 9.17) is 16.7 Å². The predicted molar refractivity (Wildman–Crippen MR) is 106 cm³/mol. The molecule has 1 amide bonds. The number of carbonyl (C=O) groups is 3. The minimum atomic E-state index is -1.17. The predicted octanol–water partition coefficient (Wildman–Crippen LogP) is 3.14. The number of carboxylic acids is 1. The number of ketones is 1. The summed E-state index contributed by atoms with van der Waals surface area (Å²) in [7, 11) is 0. The number of non-ortho nitro benzene ring substituents is 1. The Morgan fingerprint density at radius 3 is 2.20 bits per heavy atom. The Bertz CT molecular complexity index is 1060. The first-order valence-electron chi connectivity index (χ1n) is 8.71. The highest BCUT2D eigenvalue weighted by molar-refractivity contribution is 6.46. The number of amides is 1. The number of carboxylic acid groups (broad SMARTS) is 1. The van der Waals surface area contributed by atoms with Gasteiger partial charge in [0.1, 0.15) is 5.76 Å². The SMILES string of the molecule is O=C(O)CCN1C(=O)C(=O)/C(=C(/O)c2ccc(Cl)cc2)[C@@H]1c1ccc([N+](=O)[O-])cc1. The van der Waals surface area contributed by atoms with Gasteiger partial charge in [-0.2, -0.15) is 0 Å². The monoisotopic (exact) mass is 430 g/mol. The standard InChI is InChI=1S/C20H15ClN2O7/c21-13-5-1-12(2-6-13)18(26)16-17(11-3-7-14(8-4-11)23(29)30)22(10-9-15(24)25)20(28)19(16)27/h1-8,17,26H,9-10H2,(H,24,25)/b18-16+/t17-/m0/s1. The van der Waals surface area contributed by atoms with Gasteiger partial charge in [-0.15, -0.1) is 0 Å². The Morgan fingerprint density at radius 1 is 1.07 bits per heavy atom. The van der Waals surface area contributed by atoms with Crippen LogP contribution < -0.4 is 0 Å². The number of nitrogens with zero attached hydrogens (tertiary/aromatic N) is 2. The fraction of sp³-hybridized carbons (Fsp3) is 0.150. The minimum Gasteiger partial charge on any atom is -0.507 e. The number of nitro groups is 1. The summed E-state index contributed by atoms with van der Waals surface area (Å²) in [5.74, 6) is -3.56. The topological polar surface area (TPSA) is 138 Å². The zero-order chi connectivity index (χ0) is 22.0. The molecule has 1 aliphatic rings. The lowest BCUT2D eigenvalue weighted by molar-refractivity contribution is -0.384. The van der Waals surface area contributed by atoms with Crippen LogP contribution in [0.2, 0.25) is 5.02 Å². The maximum absolute atomic E-state index is 12.7. The molecule has 2 N–H and O–H groups in total. The number of likely N-dealkylation sites (tertiary alicyclic amines) is 1. The molecule has 1 fully saturated rings. The Labute approximate surface area is 175 Å². The molecular weight excluding hydrogens is 416 g/mol. The maximum atomic E-state index is 12.7. The molecule has 0 aliphatic carbocycles. The van der Waals surface area contributed by atoms with Crippen molar-refractivity contribution in [3.8, 4) is 0 Å². The molecule has 0 bridgehead atoms. The number of aliphatic hydroxyl groups is 1. The molecule has 10 heteroatoms. The second kappa shape index (κ2) is 8.34. The van der Waals surface area contributed by atoms with Crippen LogP contribution in [0.15, 0.2) is 54.1 Å². The van der Waals surface area contributed by atoms with E-state index in [1.807, 2.05) is 0 Å². The molecule has 0 radical (unpaired) electrons. The first-order chi connectivity index (χ1) is 14.2. The smallest absolute Gasteiger partial charge is 0.305 e. The van der Waals surface area contributed by atoms with Crippen molar-refractivity contribution in [2.75, 3.05) is 6.54 Å². The van der Waals surface area contributed by atoms with Crippen molar-refractivity contribution in [1.29, 1.82) is 0 Å². The van der Waals surface area contributed by atoms with Gasteiger partial charge in [0.25, 0.3) is 17.4 Å². The van der Waals surface area contributed by atoms with Crippen molar-refractivity contribution >= 4 is 40.7 Å². The van der Waals surface area contributed by atoms with Crippen LogP contribution in [-0.2, 0) is 14.4 Å². The summed E-state index contributed by atoms with van der Waals surface area (Å²) < 4.78 is 0. The van der Waals surface area contributed by atoms with E-state index in [1.54, 1.807) is 0 Å². The summed E-state index contributed by atoms with van der Waals surface area (Å²) >= 11 is 5.85. The van der Waals surface area contributed by atoms with E-state index in [9.17, 15) is 29.6 Å². The Kier molecular flexibility index (Phi) is 5.84. The fourth-order valence-electron chi connectivity index (χ4n) is 3.21. The van der Waals surface area contributed by atoms with Crippen LogP contribution in [0.4, 0.5) is 5.69 Å². The zero-order valence-electron chi connectivity index (χ0n) is 15.3. The molecule has 0 aromatic heterocycles. The summed E-state index contributed by atoms with van der Waals surface area (Å²) in [6.07, 6.45) is -0.419. The summed E-state index contributed by atoms with van der Waals surface area (Å²) in [4.78, 5) is 47.7. The van der Waals surface area contributed by atoms with Crippen LogP contribution >= 0.6 is 11.6 Å². The third-order valence-corrected chi connectivity index (χ3v) is 4.90. The number of hydrogen-bond donors (Lipinski definition) is 2. The number of aliphatic hydroxyl groups excluding tert-OH is 1. The van der Waals surface area contributed by atoms with E-state index in [-0.39, 0.29) is 23.4 Å². The number of hydrogen-bond acceptors (Lipinski definition) is 6. The Balaban J connectivity index is 2.14. The lowest BCUT2D eigenvalue weighted by Crippen LogP contribution is -2.31. The van der Waals surface area contributed by atoms with E-state index in [1.165, 1.54) is 48.5 Å². The summed E-state index contributed by atoms with van der Waals surface area (Å²) in [5, 5.41) is 31.1. The molecule has 0 unspecified atom stereocenters. The van der Waals surface area contributed by atoms with Crippen molar-refractivity contribution in [3.63, 3.8) is 0 Å². The van der Waals surface area contributed by atoms with Crippen molar-refractivity contribution < 1.29 is 29.5 Å². The molecule has 2 aromatic carbocycles. The number of halogens is 1. The lowest BCUT2D eigenvalue weighted by atomic mass is 9.95. The average molecular weight is 431 g/mol. The van der Waals surface area contributed by atoms with Crippen LogP contribution in [0, 0.1) is 10.1 Å². The summed E-state index contributed by atoms with van der Waals surface area (Å²) in [6, 6.07) is 9.96. The highest BCUT2D eigenvalue weighted by atomic mass is 35.5. The van der Waals surface area contributed by atoms with Crippen LogP contribution in [0.1, 0.15) is 23.6 Å². The third kappa shape index (κ3) is 4.01. The van der Waals surface area contributed by atoms with Crippen molar-refractivity contribution in [2.45, 2.75) is 12.5 Å². The quantitative estimate of drug-likeness (QED) is 0.236. The van der Waals surface area contributed by atoms with Gasteiger partial charge in [-0.1, -0.05) is 11.6 Å². The van der Waals surface area contributed by atoms with Crippen LogP contribution in [0.25, 0.3) is 5.76 Å². The average Bonchev–Trinajstić information content (AvgIpc) is 2.97. The molecule has 3 rings (SSSR count). The highest BCUT2D eigenvalue weighted by Crippen LogP contribution is 2.40. The van der Waals surface area contributed by atoms with E-state index < -0.39 is 40.8 Å². The van der Waals surface area contributed by atoms with Gasteiger partial charge < -0.3 is 15.1 Å². The van der Waals surface area contributed by atoms with Gasteiger partial charge >= 0.3 is 5.97 Å². The van der Waals surface area contributed by atoms with Crippen molar-refractivity contribution in [3.05, 3.63) is 80.4 Å². The van der Waals surface area contributed by atoms with Crippen LogP contribution in [0.5, 0.6) is 0 Å². The highest BCUT2D eigenvalue weighted by Gasteiger charge is 2.46. The summed E-state index contributed by atoms with van der Waals surface area (Å²) in [5.41, 5.74) is 0.128. The van der Waals surface area contributed by atoms with Crippen LogP contribution in [-0.4, -0.2) is 44.2 Å². The van der Waals surface area contributed by atoms with Crippen molar-refractivity contribution in [1.82, 2.24) is 4.90 Å². The minimum absolute atomic E-state index is 0.195. The van der Waals surface area contributed by atoms with E-state index in [0.717, 1.165) is 4.90 Å². The number of rotatable bonds is 6. The summed E-state index contributed by atoms with van der Waals surface area (Å²) in [6.45, 7) is -0.279. The van der Waals surface area contributed by atoms with Gasteiger partial charge in [0.05, 0.1) is 23.0 Å². The first-order valence-corrected chi connectivity index (χ1v) is 9.09. The van der Waals surface area contributed by atoms with E-state index in [0.29, 0.717) is 10.6 Å². The van der Waals surface area contributed by atoms with Gasteiger partial charge in [0.15, 0.2) is 0 Å². The second-order valence-electron chi connectivity index (χ2n) is 6.49. The molecule has 1 aliphatic heterocycles. The van der Waals surface area contributed by atoms with Gasteiger partial charge in [0, 0.05) is 29.3 Å². The van der Waals surface area contributed by atoms with Crippen LogP contribution in [0.3, 0.4) is 0 Å². The molecule has 154 valence electrons. The largest absolute Gasteiger partial charge is 0.507 e. The lowest BCUT2D eigenvalue weighted by Gasteiger charge is -2.24. The molecule has 2 aromatic rings. The molecule has 1 saturated heterocycles.